The van der Waals surface area contributed by atoms with Crippen LogP contribution in [0.25, 0.3) is 0 Å². The van der Waals surface area contributed by atoms with Gasteiger partial charge in [0.25, 0.3) is 5.91 Å². The lowest BCUT2D eigenvalue weighted by Gasteiger charge is -2.47. The monoisotopic (exact) mass is 369 g/mol. The number of aromatic nitrogens is 3. The normalized spacial score (nSPS) is 19.1. The summed E-state index contributed by atoms with van der Waals surface area (Å²) in [6, 6.07) is 5.22. The smallest absolute Gasteiger partial charge is 0.254 e. The summed E-state index contributed by atoms with van der Waals surface area (Å²) in [5.41, 5.74) is 0.296. The third-order valence-corrected chi connectivity index (χ3v) is 5.24. The molecule has 0 N–H and O–H groups in total. The minimum absolute atomic E-state index is 0.00722. The van der Waals surface area contributed by atoms with E-state index in [-0.39, 0.29) is 11.5 Å². The Bertz CT molecular complexity index is 793. The molecule has 2 aliphatic heterocycles. The molecule has 2 aromatic rings. The summed E-state index contributed by atoms with van der Waals surface area (Å²) in [6.45, 7) is 3.37. The Hall–Kier alpha value is -2.74. The number of rotatable bonds is 3. The van der Waals surface area contributed by atoms with Gasteiger partial charge in [-0.05, 0) is 25.0 Å². The van der Waals surface area contributed by atoms with Crippen LogP contribution in [0.5, 0.6) is 5.88 Å². The van der Waals surface area contributed by atoms with Gasteiger partial charge in [-0.3, -0.25) is 4.79 Å². The maximum Gasteiger partial charge on any atom is 0.254 e. The number of amides is 1. The van der Waals surface area contributed by atoms with E-state index in [0.717, 1.165) is 31.9 Å². The highest BCUT2D eigenvalue weighted by atomic mass is 16.5. The molecule has 1 spiro atoms. The van der Waals surface area contributed by atoms with Crippen LogP contribution in [0.4, 0.5) is 5.95 Å². The third kappa shape index (κ3) is 3.71. The fourth-order valence-electron chi connectivity index (χ4n) is 3.73. The van der Waals surface area contributed by atoms with Gasteiger partial charge in [-0.2, -0.15) is 0 Å². The highest BCUT2D eigenvalue weighted by Gasteiger charge is 2.41. The maximum atomic E-state index is 12.9. The molecule has 0 radical (unpaired) electrons. The average molecular weight is 369 g/mol. The van der Waals surface area contributed by atoms with Crippen LogP contribution in [0, 0.1) is 0 Å². The molecule has 2 aromatic heterocycles. The van der Waals surface area contributed by atoms with Crippen molar-refractivity contribution in [1.82, 2.24) is 19.9 Å². The summed E-state index contributed by atoms with van der Waals surface area (Å²) in [6.07, 6.45) is 6.80. The number of anilines is 1. The predicted molar refractivity (Wildman–Crippen MR) is 98.9 cm³/mol. The zero-order valence-electron chi connectivity index (χ0n) is 15.4. The number of hydrogen-bond donors (Lipinski definition) is 0. The van der Waals surface area contributed by atoms with Crippen molar-refractivity contribution in [3.63, 3.8) is 0 Å². The van der Waals surface area contributed by atoms with Crippen LogP contribution in [0.15, 0.2) is 36.8 Å². The van der Waals surface area contributed by atoms with Gasteiger partial charge in [0.05, 0.1) is 25.9 Å². The van der Waals surface area contributed by atoms with Gasteiger partial charge in [-0.1, -0.05) is 0 Å². The lowest BCUT2D eigenvalue weighted by atomic mass is 9.89. The molecular formula is C19H23N5O3. The van der Waals surface area contributed by atoms with Crippen LogP contribution in [0.2, 0.25) is 0 Å². The molecule has 8 heteroatoms. The molecule has 0 unspecified atom stereocenters. The van der Waals surface area contributed by atoms with Gasteiger partial charge < -0.3 is 19.3 Å². The van der Waals surface area contributed by atoms with Crippen LogP contribution >= 0.6 is 0 Å². The topological polar surface area (TPSA) is 80.7 Å². The average Bonchev–Trinajstić information content (AvgIpc) is 2.74. The Morgan fingerprint density at radius 3 is 2.67 bits per heavy atom. The minimum Gasteiger partial charge on any atom is -0.481 e. The van der Waals surface area contributed by atoms with Crippen LogP contribution in [-0.4, -0.2) is 71.3 Å². The molecule has 0 aliphatic carbocycles. The van der Waals surface area contributed by atoms with E-state index in [1.807, 2.05) is 11.0 Å². The largest absolute Gasteiger partial charge is 0.481 e. The fourth-order valence-corrected chi connectivity index (χ4v) is 3.73. The quantitative estimate of drug-likeness (QED) is 0.809. The highest BCUT2D eigenvalue weighted by molar-refractivity contribution is 5.94. The van der Waals surface area contributed by atoms with E-state index in [9.17, 15) is 4.79 Å². The Kier molecular flexibility index (Phi) is 4.89. The second-order valence-electron chi connectivity index (χ2n) is 6.88. The number of piperidine rings is 1. The Balaban J connectivity index is 1.43. The van der Waals surface area contributed by atoms with E-state index in [2.05, 4.69) is 19.9 Å². The summed E-state index contributed by atoms with van der Waals surface area (Å²) in [4.78, 5) is 29.7. The maximum absolute atomic E-state index is 12.9. The summed E-state index contributed by atoms with van der Waals surface area (Å²) >= 11 is 0. The second-order valence-corrected chi connectivity index (χ2v) is 6.88. The zero-order valence-corrected chi connectivity index (χ0v) is 15.4. The molecule has 4 rings (SSSR count). The van der Waals surface area contributed by atoms with Crippen molar-refractivity contribution in [2.75, 3.05) is 44.8 Å². The number of pyridine rings is 1. The first-order valence-corrected chi connectivity index (χ1v) is 9.14. The van der Waals surface area contributed by atoms with Crippen molar-refractivity contribution >= 4 is 11.9 Å². The number of morpholine rings is 1. The fraction of sp³-hybridized carbons (Fsp3) is 0.474. The van der Waals surface area contributed by atoms with Crippen molar-refractivity contribution in [1.29, 1.82) is 0 Å². The van der Waals surface area contributed by atoms with Crippen molar-refractivity contribution in [3.05, 3.63) is 42.4 Å². The summed E-state index contributed by atoms with van der Waals surface area (Å²) in [5, 5.41) is 0. The molecule has 2 fully saturated rings. The summed E-state index contributed by atoms with van der Waals surface area (Å²) in [5.74, 6) is 1.19. The van der Waals surface area contributed by atoms with E-state index < -0.39 is 0 Å². The van der Waals surface area contributed by atoms with Crippen molar-refractivity contribution < 1.29 is 14.3 Å². The predicted octanol–water partition coefficient (Wildman–Crippen LogP) is 1.39. The van der Waals surface area contributed by atoms with Crippen molar-refractivity contribution in [3.8, 4) is 5.88 Å². The number of hydrogen-bond acceptors (Lipinski definition) is 7. The first-order chi connectivity index (χ1) is 13.2. The molecule has 27 heavy (non-hydrogen) atoms. The Labute approximate surface area is 158 Å². The van der Waals surface area contributed by atoms with Crippen LogP contribution < -0.4 is 9.64 Å². The van der Waals surface area contributed by atoms with E-state index in [0.29, 0.717) is 31.1 Å². The van der Waals surface area contributed by atoms with E-state index >= 15 is 0 Å². The number of ether oxygens (including phenoxy) is 2. The van der Waals surface area contributed by atoms with Gasteiger partial charge in [-0.15, -0.1) is 0 Å². The Morgan fingerprint density at radius 1 is 1.15 bits per heavy atom. The molecule has 4 heterocycles. The molecule has 0 aromatic carbocycles. The summed E-state index contributed by atoms with van der Waals surface area (Å²) < 4.78 is 11.3. The highest BCUT2D eigenvalue weighted by Crippen LogP contribution is 2.31. The standard InChI is InChI=1S/C19H23N5O3/c1-26-16-13-15(3-8-20-16)17(25)24-11-12-27-19(14-24)4-9-23(10-5-19)18-21-6-2-7-22-18/h2-3,6-8,13H,4-5,9-12,14H2,1H3. The molecule has 142 valence electrons. The molecule has 1 amide bonds. The van der Waals surface area contributed by atoms with Crippen LogP contribution in [0.3, 0.4) is 0 Å². The van der Waals surface area contributed by atoms with Gasteiger partial charge in [0.1, 0.15) is 0 Å². The molecule has 0 atom stereocenters. The van der Waals surface area contributed by atoms with Crippen LogP contribution in [-0.2, 0) is 4.74 Å². The zero-order chi connectivity index (χ0) is 18.7. The van der Waals surface area contributed by atoms with Gasteiger partial charge in [0, 0.05) is 49.9 Å². The van der Waals surface area contributed by atoms with Gasteiger partial charge in [-0.25, -0.2) is 15.0 Å². The first kappa shape index (κ1) is 17.7. The number of carbonyl (C=O) groups excluding carboxylic acids is 1. The SMILES string of the molecule is COc1cc(C(=O)N2CCOC3(CCN(c4ncccn4)CC3)C2)ccn1. The van der Waals surface area contributed by atoms with Gasteiger partial charge in [0.15, 0.2) is 0 Å². The minimum atomic E-state index is -0.295. The molecule has 0 saturated carbocycles. The number of carbonyl (C=O) groups is 1. The summed E-state index contributed by atoms with van der Waals surface area (Å²) in [7, 11) is 1.55. The molecule has 8 nitrogen and oxygen atoms in total. The molecule has 2 saturated heterocycles. The van der Waals surface area contributed by atoms with Gasteiger partial charge in [0.2, 0.25) is 11.8 Å². The first-order valence-electron chi connectivity index (χ1n) is 9.14. The van der Waals surface area contributed by atoms with Crippen LogP contribution in [0.1, 0.15) is 23.2 Å². The lowest BCUT2D eigenvalue weighted by molar-refractivity contribution is -0.111. The van der Waals surface area contributed by atoms with Crippen molar-refractivity contribution in [2.45, 2.75) is 18.4 Å². The van der Waals surface area contributed by atoms with E-state index in [1.165, 1.54) is 0 Å². The second kappa shape index (κ2) is 7.48. The molecule has 0 bridgehead atoms. The van der Waals surface area contributed by atoms with E-state index in [1.54, 1.807) is 37.8 Å². The Morgan fingerprint density at radius 2 is 1.93 bits per heavy atom. The molecule has 2 aliphatic rings. The third-order valence-electron chi connectivity index (χ3n) is 5.24. The van der Waals surface area contributed by atoms with Crippen molar-refractivity contribution in [2.24, 2.45) is 0 Å². The van der Waals surface area contributed by atoms with E-state index in [4.69, 9.17) is 9.47 Å². The lowest BCUT2D eigenvalue weighted by Crippen LogP contribution is -2.58. The number of nitrogens with zero attached hydrogens (tertiary/aromatic N) is 5. The van der Waals surface area contributed by atoms with Gasteiger partial charge >= 0.3 is 0 Å². The number of methoxy groups -OCH3 is 1. The molecular weight excluding hydrogens is 346 g/mol.